The molecule has 0 radical (unpaired) electrons. The smallest absolute Gasteiger partial charge is 0.108 e. The number of hydrogen-bond acceptors (Lipinski definition) is 4. The van der Waals surface area contributed by atoms with E-state index in [-0.39, 0.29) is 11.7 Å². The van der Waals surface area contributed by atoms with E-state index in [1.54, 1.807) is 6.20 Å². The third-order valence-corrected chi connectivity index (χ3v) is 4.88. The van der Waals surface area contributed by atoms with Crippen LogP contribution in [-0.4, -0.2) is 46.5 Å². The van der Waals surface area contributed by atoms with Crippen molar-refractivity contribution in [2.75, 3.05) is 19.7 Å². The van der Waals surface area contributed by atoms with Gasteiger partial charge in [0, 0.05) is 38.1 Å². The summed E-state index contributed by atoms with van der Waals surface area (Å²) in [6.45, 7) is 4.21. The number of nitrogens with zero attached hydrogens (tertiary/aromatic N) is 2. The highest BCUT2D eigenvalue weighted by molar-refractivity contribution is 5.14. The lowest BCUT2D eigenvalue weighted by atomic mass is 9.96. The van der Waals surface area contributed by atoms with Gasteiger partial charge in [-0.15, -0.1) is 0 Å². The van der Waals surface area contributed by atoms with Gasteiger partial charge in [-0.25, -0.2) is 0 Å². The Hall–Kier alpha value is -1.69. The molecule has 0 aliphatic carbocycles. The highest BCUT2D eigenvalue weighted by Gasteiger charge is 2.50. The minimum atomic E-state index is -0.130. The lowest BCUT2D eigenvalue weighted by Gasteiger charge is -2.29. The first-order chi connectivity index (χ1) is 11.3. The van der Waals surface area contributed by atoms with E-state index in [9.17, 15) is 0 Å². The van der Waals surface area contributed by atoms with Crippen molar-refractivity contribution in [3.05, 3.63) is 53.9 Å². The number of nitrogens with one attached hydrogen (secondary N) is 1. The second kappa shape index (κ2) is 6.43. The SMILES string of the molecule is c1ccc(CO[C@H]2CN(Cc3ccn[nH]3)C[C@@]23CCCO3)cc1. The van der Waals surface area contributed by atoms with E-state index in [1.807, 2.05) is 12.1 Å². The van der Waals surface area contributed by atoms with Crippen LogP contribution in [0.5, 0.6) is 0 Å². The zero-order chi connectivity index (χ0) is 15.5. The van der Waals surface area contributed by atoms with Gasteiger partial charge in [0.05, 0.1) is 6.61 Å². The third-order valence-electron chi connectivity index (χ3n) is 4.88. The molecule has 0 amide bonds. The quantitative estimate of drug-likeness (QED) is 0.921. The molecule has 122 valence electrons. The lowest BCUT2D eigenvalue weighted by molar-refractivity contribution is -0.0959. The van der Waals surface area contributed by atoms with Crippen LogP contribution >= 0.6 is 0 Å². The maximum Gasteiger partial charge on any atom is 0.108 e. The van der Waals surface area contributed by atoms with Crippen LogP contribution in [-0.2, 0) is 22.6 Å². The number of ether oxygens (including phenoxy) is 2. The summed E-state index contributed by atoms with van der Waals surface area (Å²) >= 11 is 0. The van der Waals surface area contributed by atoms with E-state index in [1.165, 1.54) is 5.56 Å². The maximum absolute atomic E-state index is 6.28. The Morgan fingerprint density at radius 1 is 1.30 bits per heavy atom. The average molecular weight is 313 g/mol. The summed E-state index contributed by atoms with van der Waals surface area (Å²) in [5.74, 6) is 0. The second-order valence-corrected chi connectivity index (χ2v) is 6.55. The van der Waals surface area contributed by atoms with Crippen LogP contribution in [0.15, 0.2) is 42.6 Å². The number of hydrogen-bond donors (Lipinski definition) is 1. The monoisotopic (exact) mass is 313 g/mol. The van der Waals surface area contributed by atoms with Crippen molar-refractivity contribution in [3.8, 4) is 0 Å². The summed E-state index contributed by atoms with van der Waals surface area (Å²) in [6.07, 6.45) is 4.15. The van der Waals surface area contributed by atoms with Gasteiger partial charge in [0.15, 0.2) is 0 Å². The predicted octanol–water partition coefficient (Wildman–Crippen LogP) is 2.36. The van der Waals surface area contributed by atoms with Crippen molar-refractivity contribution in [2.24, 2.45) is 0 Å². The Kier molecular flexibility index (Phi) is 4.16. The molecule has 2 fully saturated rings. The van der Waals surface area contributed by atoms with Crippen LogP contribution in [0.4, 0.5) is 0 Å². The van der Waals surface area contributed by atoms with Gasteiger partial charge in [-0.2, -0.15) is 5.10 Å². The summed E-state index contributed by atoms with van der Waals surface area (Å²) in [6, 6.07) is 12.4. The molecule has 5 heteroatoms. The summed E-state index contributed by atoms with van der Waals surface area (Å²) < 4.78 is 12.4. The molecule has 2 atom stereocenters. The van der Waals surface area contributed by atoms with Crippen molar-refractivity contribution in [3.63, 3.8) is 0 Å². The maximum atomic E-state index is 6.28. The molecule has 0 unspecified atom stereocenters. The molecule has 2 saturated heterocycles. The molecule has 1 spiro atoms. The number of benzene rings is 1. The van der Waals surface area contributed by atoms with Crippen LogP contribution < -0.4 is 0 Å². The van der Waals surface area contributed by atoms with Crippen LogP contribution in [0.25, 0.3) is 0 Å². The summed E-state index contributed by atoms with van der Waals surface area (Å²) in [7, 11) is 0. The molecule has 2 aliphatic heterocycles. The van der Waals surface area contributed by atoms with Gasteiger partial charge in [-0.1, -0.05) is 30.3 Å². The first-order valence-electron chi connectivity index (χ1n) is 8.34. The molecular weight excluding hydrogens is 290 g/mol. The summed E-state index contributed by atoms with van der Waals surface area (Å²) in [4.78, 5) is 2.41. The molecule has 3 heterocycles. The van der Waals surface area contributed by atoms with Gasteiger partial charge in [-0.3, -0.25) is 10.00 Å². The Labute approximate surface area is 136 Å². The second-order valence-electron chi connectivity index (χ2n) is 6.55. The summed E-state index contributed by atoms with van der Waals surface area (Å²) in [5, 5.41) is 7.08. The zero-order valence-corrected chi connectivity index (χ0v) is 13.3. The number of likely N-dealkylation sites (tertiary alicyclic amines) is 1. The van der Waals surface area contributed by atoms with Crippen molar-refractivity contribution in [1.82, 2.24) is 15.1 Å². The van der Waals surface area contributed by atoms with E-state index >= 15 is 0 Å². The van der Waals surface area contributed by atoms with Gasteiger partial charge in [-0.05, 0) is 24.5 Å². The summed E-state index contributed by atoms with van der Waals surface area (Å²) in [5.41, 5.74) is 2.23. The Balaban J connectivity index is 1.43. The first-order valence-corrected chi connectivity index (χ1v) is 8.34. The standard InChI is InChI=1S/C18H23N3O2/c1-2-5-15(6-3-1)13-22-17-12-21(11-16-7-9-19-20-16)14-18(17)8-4-10-23-18/h1-3,5-7,9,17H,4,8,10-14H2,(H,19,20)/t17-,18-/m0/s1. The topological polar surface area (TPSA) is 50.4 Å². The van der Waals surface area contributed by atoms with Crippen molar-refractivity contribution >= 4 is 0 Å². The largest absolute Gasteiger partial charge is 0.371 e. The van der Waals surface area contributed by atoms with Crippen molar-refractivity contribution in [1.29, 1.82) is 0 Å². The van der Waals surface area contributed by atoms with Gasteiger partial charge >= 0.3 is 0 Å². The van der Waals surface area contributed by atoms with Crippen molar-refractivity contribution < 1.29 is 9.47 Å². The lowest BCUT2D eigenvalue weighted by Crippen LogP contribution is -2.42. The van der Waals surface area contributed by atoms with Crippen LogP contribution in [0, 0.1) is 0 Å². The first kappa shape index (κ1) is 14.9. The van der Waals surface area contributed by atoms with Crippen LogP contribution in [0.1, 0.15) is 24.1 Å². The Bertz CT molecular complexity index is 608. The molecule has 0 saturated carbocycles. The average Bonchev–Trinajstić information content (AvgIpc) is 3.31. The number of rotatable bonds is 5. The number of aromatic nitrogens is 2. The molecule has 4 rings (SSSR count). The fourth-order valence-electron chi connectivity index (χ4n) is 3.75. The van der Waals surface area contributed by atoms with E-state index in [0.29, 0.717) is 6.61 Å². The normalized spacial score (nSPS) is 27.9. The van der Waals surface area contributed by atoms with E-state index < -0.39 is 0 Å². The van der Waals surface area contributed by atoms with Crippen LogP contribution in [0.3, 0.4) is 0 Å². The minimum absolute atomic E-state index is 0.130. The molecule has 2 aromatic rings. The van der Waals surface area contributed by atoms with Gasteiger partial charge in [0.2, 0.25) is 0 Å². The number of aromatic amines is 1. The minimum Gasteiger partial charge on any atom is -0.371 e. The molecule has 0 bridgehead atoms. The molecular formula is C18H23N3O2. The Morgan fingerprint density at radius 2 is 2.22 bits per heavy atom. The van der Waals surface area contributed by atoms with Gasteiger partial charge in [0.25, 0.3) is 0 Å². The van der Waals surface area contributed by atoms with Crippen LogP contribution in [0.2, 0.25) is 0 Å². The van der Waals surface area contributed by atoms with Gasteiger partial charge in [0.1, 0.15) is 11.7 Å². The highest BCUT2D eigenvalue weighted by Crippen LogP contribution is 2.37. The number of H-pyrrole nitrogens is 1. The third kappa shape index (κ3) is 3.17. The molecule has 2 aliphatic rings. The molecule has 1 aromatic heterocycles. The highest BCUT2D eigenvalue weighted by atomic mass is 16.6. The van der Waals surface area contributed by atoms with E-state index in [2.05, 4.69) is 39.4 Å². The van der Waals surface area contributed by atoms with E-state index in [4.69, 9.17) is 9.47 Å². The molecule has 5 nitrogen and oxygen atoms in total. The Morgan fingerprint density at radius 3 is 2.96 bits per heavy atom. The predicted molar refractivity (Wildman–Crippen MR) is 86.8 cm³/mol. The zero-order valence-electron chi connectivity index (χ0n) is 13.3. The fourth-order valence-corrected chi connectivity index (χ4v) is 3.75. The molecule has 1 N–H and O–H groups in total. The van der Waals surface area contributed by atoms with Crippen molar-refractivity contribution in [2.45, 2.75) is 37.7 Å². The van der Waals surface area contributed by atoms with Gasteiger partial charge < -0.3 is 9.47 Å². The van der Waals surface area contributed by atoms with E-state index in [0.717, 1.165) is 44.8 Å². The molecule has 23 heavy (non-hydrogen) atoms. The molecule has 1 aromatic carbocycles. The fraction of sp³-hybridized carbons (Fsp3) is 0.500.